The molecule has 1 aliphatic rings. The molecular weight excluding hydrogens is 204 g/mol. The molecule has 0 atom stereocenters. The SMILES string of the molecule is CSO.Cc1c2c(nn1S)CCC2. The Morgan fingerprint density at radius 3 is 2.69 bits per heavy atom. The smallest absolute Gasteiger partial charge is 0.0670 e. The molecule has 0 saturated heterocycles. The summed E-state index contributed by atoms with van der Waals surface area (Å²) in [6.45, 7) is 2.07. The molecule has 13 heavy (non-hydrogen) atoms. The molecule has 0 bridgehead atoms. The fraction of sp³-hybridized carbons (Fsp3) is 0.625. The van der Waals surface area contributed by atoms with E-state index in [0.29, 0.717) is 0 Å². The van der Waals surface area contributed by atoms with Gasteiger partial charge < -0.3 is 4.55 Å². The number of fused-ring (bicyclic) bond motifs is 1. The van der Waals surface area contributed by atoms with Crippen LogP contribution in [0.25, 0.3) is 0 Å². The summed E-state index contributed by atoms with van der Waals surface area (Å²) in [5.41, 5.74) is 3.90. The molecule has 0 aliphatic heterocycles. The van der Waals surface area contributed by atoms with E-state index in [9.17, 15) is 0 Å². The maximum absolute atomic E-state index is 7.49. The van der Waals surface area contributed by atoms with Gasteiger partial charge in [-0.05, 0) is 56.6 Å². The Morgan fingerprint density at radius 2 is 2.15 bits per heavy atom. The highest BCUT2D eigenvalue weighted by Gasteiger charge is 2.17. The predicted molar refractivity (Wildman–Crippen MR) is 59.5 cm³/mol. The lowest BCUT2D eigenvalue weighted by Crippen LogP contribution is -1.89. The molecule has 0 radical (unpaired) electrons. The van der Waals surface area contributed by atoms with Gasteiger partial charge >= 0.3 is 0 Å². The maximum atomic E-state index is 7.49. The second-order valence-corrected chi connectivity index (χ2v) is 3.68. The predicted octanol–water partition coefficient (Wildman–Crippen LogP) is 2.20. The third-order valence-electron chi connectivity index (χ3n) is 2.14. The van der Waals surface area contributed by atoms with Crippen molar-refractivity contribution in [1.29, 1.82) is 0 Å². The topological polar surface area (TPSA) is 38.1 Å². The molecule has 0 saturated carbocycles. The standard InChI is InChI=1S/C7H10N2S.CH4OS/c1-5-6-3-2-4-7(6)8-9(5)10;1-3-2/h10H,2-4H2,1H3;2H,1H3. The van der Waals surface area contributed by atoms with Crippen molar-refractivity contribution >= 4 is 24.9 Å². The number of nitrogens with zero attached hydrogens (tertiary/aromatic N) is 2. The van der Waals surface area contributed by atoms with Crippen molar-refractivity contribution in [1.82, 2.24) is 9.19 Å². The molecule has 1 heterocycles. The monoisotopic (exact) mass is 218 g/mol. The molecular formula is C8H14N2OS2. The summed E-state index contributed by atoms with van der Waals surface area (Å²) < 4.78 is 9.17. The van der Waals surface area contributed by atoms with Crippen LogP contribution in [0.15, 0.2) is 0 Å². The molecule has 1 N–H and O–H groups in total. The Bertz CT molecular complexity index is 286. The normalized spacial score (nSPS) is 13.5. The first kappa shape index (κ1) is 10.9. The van der Waals surface area contributed by atoms with E-state index in [1.807, 2.05) is 0 Å². The van der Waals surface area contributed by atoms with Crippen LogP contribution in [0.1, 0.15) is 23.4 Å². The molecule has 2 rings (SSSR count). The summed E-state index contributed by atoms with van der Waals surface area (Å²) in [5, 5.41) is 4.27. The van der Waals surface area contributed by atoms with Crippen molar-refractivity contribution in [2.45, 2.75) is 26.2 Å². The van der Waals surface area contributed by atoms with Crippen molar-refractivity contribution in [2.75, 3.05) is 6.26 Å². The highest BCUT2D eigenvalue weighted by molar-refractivity contribution is 7.93. The van der Waals surface area contributed by atoms with Gasteiger partial charge in [-0.3, -0.25) is 0 Å². The average Bonchev–Trinajstić information content (AvgIpc) is 2.60. The van der Waals surface area contributed by atoms with E-state index in [1.54, 1.807) is 10.3 Å². The summed E-state index contributed by atoms with van der Waals surface area (Å²) >= 11 is 4.93. The van der Waals surface area contributed by atoms with Crippen LogP contribution in [0, 0.1) is 6.92 Å². The fourth-order valence-electron chi connectivity index (χ4n) is 1.54. The molecule has 74 valence electrons. The number of thiol groups is 1. The van der Waals surface area contributed by atoms with E-state index >= 15 is 0 Å². The molecule has 0 fully saturated rings. The van der Waals surface area contributed by atoms with Gasteiger partial charge in [-0.25, -0.2) is 4.09 Å². The first-order valence-electron chi connectivity index (χ1n) is 4.15. The zero-order chi connectivity index (χ0) is 9.84. The highest BCUT2D eigenvalue weighted by atomic mass is 32.2. The third-order valence-corrected chi connectivity index (χ3v) is 2.53. The van der Waals surface area contributed by atoms with Gasteiger partial charge in [0.1, 0.15) is 0 Å². The molecule has 0 unspecified atom stereocenters. The summed E-state index contributed by atoms with van der Waals surface area (Å²) in [6, 6.07) is 0. The molecule has 3 nitrogen and oxygen atoms in total. The third kappa shape index (κ3) is 2.42. The van der Waals surface area contributed by atoms with E-state index in [-0.39, 0.29) is 0 Å². The van der Waals surface area contributed by atoms with Crippen LogP contribution in [0.5, 0.6) is 0 Å². The van der Waals surface area contributed by atoms with Crippen LogP contribution < -0.4 is 0 Å². The minimum absolute atomic E-state index is 0.750. The van der Waals surface area contributed by atoms with Crippen molar-refractivity contribution < 1.29 is 4.55 Å². The van der Waals surface area contributed by atoms with Gasteiger partial charge in [-0.2, -0.15) is 5.10 Å². The highest BCUT2D eigenvalue weighted by Crippen LogP contribution is 2.24. The zero-order valence-electron chi connectivity index (χ0n) is 7.82. The molecule has 0 aromatic carbocycles. The quantitative estimate of drug-likeness (QED) is 0.518. The van der Waals surface area contributed by atoms with Crippen molar-refractivity contribution in [3.63, 3.8) is 0 Å². The van der Waals surface area contributed by atoms with Crippen molar-refractivity contribution in [3.05, 3.63) is 17.0 Å². The van der Waals surface area contributed by atoms with Crippen LogP contribution in [-0.4, -0.2) is 20.0 Å². The maximum Gasteiger partial charge on any atom is 0.0670 e. The lowest BCUT2D eigenvalue weighted by atomic mass is 10.2. The van der Waals surface area contributed by atoms with Gasteiger partial charge in [-0.15, -0.1) is 0 Å². The Kier molecular flexibility index (Phi) is 4.15. The Hall–Kier alpha value is -0.130. The van der Waals surface area contributed by atoms with E-state index in [4.69, 9.17) is 4.55 Å². The number of hydrogen-bond acceptors (Lipinski definition) is 4. The lowest BCUT2D eigenvalue weighted by Gasteiger charge is -1.93. The van der Waals surface area contributed by atoms with Crippen LogP contribution in [-0.2, 0) is 12.8 Å². The van der Waals surface area contributed by atoms with E-state index in [0.717, 1.165) is 18.5 Å². The van der Waals surface area contributed by atoms with Gasteiger partial charge in [-0.1, -0.05) is 0 Å². The summed E-state index contributed by atoms with van der Waals surface area (Å²) in [7, 11) is 0. The first-order chi connectivity index (χ1) is 6.20. The summed E-state index contributed by atoms with van der Waals surface area (Å²) in [6.07, 6.45) is 5.21. The van der Waals surface area contributed by atoms with Gasteiger partial charge in [0.05, 0.1) is 11.4 Å². The summed E-state index contributed by atoms with van der Waals surface area (Å²) in [5.74, 6) is 0. The zero-order valence-corrected chi connectivity index (χ0v) is 9.53. The first-order valence-corrected chi connectivity index (χ1v) is 5.73. The number of rotatable bonds is 0. The van der Waals surface area contributed by atoms with Gasteiger partial charge in [0, 0.05) is 6.26 Å². The van der Waals surface area contributed by atoms with E-state index < -0.39 is 0 Å². The minimum Gasteiger partial charge on any atom is -0.330 e. The van der Waals surface area contributed by atoms with Gasteiger partial charge in [0.25, 0.3) is 0 Å². The molecule has 1 aromatic rings. The average molecular weight is 218 g/mol. The number of aromatic nitrogens is 2. The molecule has 1 aromatic heterocycles. The van der Waals surface area contributed by atoms with Crippen molar-refractivity contribution in [3.8, 4) is 0 Å². The molecule has 5 heteroatoms. The second-order valence-electron chi connectivity index (χ2n) is 2.94. The van der Waals surface area contributed by atoms with Crippen LogP contribution >= 0.6 is 24.9 Å². The number of aryl methyl sites for hydroxylation is 1. The van der Waals surface area contributed by atoms with Gasteiger partial charge in [0.15, 0.2) is 0 Å². The Morgan fingerprint density at radius 1 is 1.54 bits per heavy atom. The lowest BCUT2D eigenvalue weighted by molar-refractivity contribution is 0.669. The largest absolute Gasteiger partial charge is 0.330 e. The molecule has 1 aliphatic carbocycles. The van der Waals surface area contributed by atoms with E-state index in [1.165, 1.54) is 29.8 Å². The van der Waals surface area contributed by atoms with Crippen LogP contribution in [0.2, 0.25) is 0 Å². The van der Waals surface area contributed by atoms with E-state index in [2.05, 4.69) is 24.8 Å². The molecule has 0 spiro atoms. The van der Waals surface area contributed by atoms with Gasteiger partial charge in [0.2, 0.25) is 0 Å². The minimum atomic E-state index is 0.750. The van der Waals surface area contributed by atoms with Crippen molar-refractivity contribution in [2.24, 2.45) is 0 Å². The summed E-state index contributed by atoms with van der Waals surface area (Å²) in [4.78, 5) is 0. The Labute approximate surface area is 88.3 Å². The molecule has 0 amide bonds. The number of hydrogen-bond donors (Lipinski definition) is 2. The second kappa shape index (κ2) is 4.93. The Balaban J connectivity index is 0.000000251. The van der Waals surface area contributed by atoms with Crippen LogP contribution in [0.4, 0.5) is 0 Å². The fourth-order valence-corrected chi connectivity index (χ4v) is 1.77. The van der Waals surface area contributed by atoms with Crippen LogP contribution in [0.3, 0.4) is 0 Å².